The number of ketones is 1. The van der Waals surface area contributed by atoms with Gasteiger partial charge in [-0.2, -0.15) is 13.2 Å². The van der Waals surface area contributed by atoms with Crippen LogP contribution >= 0.6 is 30.8 Å². The highest BCUT2D eigenvalue weighted by atomic mass is 35.5. The molecule has 220 valence electrons. The van der Waals surface area contributed by atoms with E-state index in [-0.39, 0.29) is 28.6 Å². The molecular weight excluding hydrogens is 612 g/mol. The average molecular weight is 635 g/mol. The van der Waals surface area contributed by atoms with Gasteiger partial charge in [0, 0.05) is 37.7 Å². The number of phosphoric ester groups is 1. The number of nitrogens with one attached hydrogen (secondary N) is 1. The van der Waals surface area contributed by atoms with Crippen molar-refractivity contribution in [3.05, 3.63) is 57.0 Å². The number of nitrogens with zero attached hydrogens (tertiary/aromatic N) is 5. The topological polar surface area (TPSA) is 168 Å². The molecule has 0 saturated carbocycles. The molecule has 4 heterocycles. The normalized spacial score (nSPS) is 15.5. The predicted molar refractivity (Wildman–Crippen MR) is 142 cm³/mol. The Morgan fingerprint density at radius 2 is 1.90 bits per heavy atom. The number of carbonyl (C=O) groups is 2. The molecule has 18 heteroatoms. The number of Topliss-reactive ketones (excluding diaryl/α,β-unsaturated/α-hetero) is 1. The number of rotatable bonds is 9. The van der Waals surface area contributed by atoms with Gasteiger partial charge < -0.3 is 20.0 Å². The van der Waals surface area contributed by atoms with Crippen LogP contribution in [0.15, 0.2) is 30.9 Å². The first-order valence-electron chi connectivity index (χ1n) is 12.0. The van der Waals surface area contributed by atoms with E-state index in [4.69, 9.17) is 25.9 Å². The summed E-state index contributed by atoms with van der Waals surface area (Å²) in [5, 5.41) is 2.16. The van der Waals surface area contributed by atoms with E-state index in [0.29, 0.717) is 42.8 Å². The Labute approximate surface area is 240 Å². The van der Waals surface area contributed by atoms with Crippen molar-refractivity contribution in [3.63, 3.8) is 0 Å². The van der Waals surface area contributed by atoms with E-state index >= 15 is 0 Å². The summed E-state index contributed by atoms with van der Waals surface area (Å²) >= 11 is 6.55. The standard InChI is InChI=1S/C23H23ClF3N6O6PS/c1-12(22-29-10-18(41-22)21(35)32-19-7-14(23(25,26)27)15(24)9-28-19)6-17(34)16-8-20(31-11-30-16)33-4-2-13(3-5-33)39-40(36,37)38/h7-13H,2-6H2,1H3,(H,28,32,35)(H2,36,37,38)/t12-/m0/s1. The first kappa shape index (κ1) is 30.9. The lowest BCUT2D eigenvalue weighted by Gasteiger charge is -2.32. The van der Waals surface area contributed by atoms with E-state index in [9.17, 15) is 27.3 Å². The van der Waals surface area contributed by atoms with Crippen LogP contribution in [0.25, 0.3) is 0 Å². The number of halogens is 4. The minimum atomic E-state index is -4.72. The van der Waals surface area contributed by atoms with Crippen molar-refractivity contribution in [1.82, 2.24) is 19.9 Å². The molecule has 1 aliphatic rings. The van der Waals surface area contributed by atoms with Crippen molar-refractivity contribution < 1.29 is 41.6 Å². The lowest BCUT2D eigenvalue weighted by molar-refractivity contribution is -0.137. The van der Waals surface area contributed by atoms with Crippen LogP contribution in [-0.2, 0) is 15.3 Å². The van der Waals surface area contributed by atoms with Gasteiger partial charge in [0.15, 0.2) is 5.78 Å². The molecule has 0 aliphatic carbocycles. The first-order chi connectivity index (χ1) is 19.2. The third-order valence-electron chi connectivity index (χ3n) is 6.05. The second kappa shape index (κ2) is 12.5. The Hall–Kier alpha value is -3.01. The van der Waals surface area contributed by atoms with Gasteiger partial charge in [-0.25, -0.2) is 24.5 Å². The maximum absolute atomic E-state index is 13.1. The van der Waals surface area contributed by atoms with Crippen LogP contribution < -0.4 is 10.2 Å². The van der Waals surface area contributed by atoms with Gasteiger partial charge in [-0.1, -0.05) is 18.5 Å². The number of amides is 1. The summed E-state index contributed by atoms with van der Waals surface area (Å²) in [6.45, 7) is 2.57. The van der Waals surface area contributed by atoms with Crippen LogP contribution in [-0.4, -0.2) is 60.6 Å². The zero-order valence-corrected chi connectivity index (χ0v) is 23.7. The van der Waals surface area contributed by atoms with Gasteiger partial charge in [-0.15, -0.1) is 11.3 Å². The molecule has 0 aromatic carbocycles. The molecule has 0 unspecified atom stereocenters. The molecule has 1 fully saturated rings. The van der Waals surface area contributed by atoms with Crippen molar-refractivity contribution in [2.24, 2.45) is 0 Å². The Bertz CT molecular complexity index is 1480. The van der Waals surface area contributed by atoms with Crippen LogP contribution in [0.4, 0.5) is 24.8 Å². The maximum atomic E-state index is 13.1. The molecule has 3 aromatic heterocycles. The number of phosphoric acid groups is 1. The number of alkyl halides is 3. The van der Waals surface area contributed by atoms with Crippen molar-refractivity contribution in [2.45, 2.75) is 44.4 Å². The number of hydrogen-bond donors (Lipinski definition) is 3. The lowest BCUT2D eigenvalue weighted by Crippen LogP contribution is -2.37. The molecule has 0 spiro atoms. The molecule has 3 aromatic rings. The minimum Gasteiger partial charge on any atom is -0.356 e. The highest BCUT2D eigenvalue weighted by Gasteiger charge is 2.34. The zero-order valence-electron chi connectivity index (χ0n) is 21.2. The third-order valence-corrected chi connectivity index (χ3v) is 8.16. The number of carbonyl (C=O) groups excluding carboxylic acids is 2. The van der Waals surface area contributed by atoms with Gasteiger partial charge in [0.25, 0.3) is 5.91 Å². The molecule has 1 amide bonds. The lowest BCUT2D eigenvalue weighted by atomic mass is 10.0. The number of pyridine rings is 1. The molecule has 4 rings (SSSR count). The van der Waals surface area contributed by atoms with Gasteiger partial charge >= 0.3 is 14.0 Å². The van der Waals surface area contributed by atoms with E-state index in [1.54, 1.807) is 6.92 Å². The van der Waals surface area contributed by atoms with Crippen LogP contribution in [0.5, 0.6) is 0 Å². The molecule has 0 bridgehead atoms. The highest BCUT2D eigenvalue weighted by Crippen LogP contribution is 2.40. The smallest absolute Gasteiger partial charge is 0.356 e. The zero-order chi connectivity index (χ0) is 29.9. The van der Waals surface area contributed by atoms with Gasteiger partial charge in [0.2, 0.25) is 0 Å². The Morgan fingerprint density at radius 3 is 2.56 bits per heavy atom. The summed E-state index contributed by atoms with van der Waals surface area (Å²) in [5.74, 6) is -1.26. The number of thiazole rings is 1. The number of piperidine rings is 1. The SMILES string of the molecule is C[C@@H](CC(=O)c1cc(N2CCC(OP(=O)(O)O)CC2)ncn1)c1ncc(C(=O)Nc2cc(C(F)(F)F)c(Cl)cn2)s1. The van der Waals surface area contributed by atoms with E-state index in [1.165, 1.54) is 18.6 Å². The predicted octanol–water partition coefficient (Wildman–Crippen LogP) is 4.71. The third kappa shape index (κ3) is 8.27. The Morgan fingerprint density at radius 1 is 1.20 bits per heavy atom. The van der Waals surface area contributed by atoms with E-state index in [2.05, 4.69) is 25.3 Å². The summed E-state index contributed by atoms with van der Waals surface area (Å²) in [5.41, 5.74) is -0.966. The van der Waals surface area contributed by atoms with E-state index < -0.39 is 42.5 Å². The fourth-order valence-corrected chi connectivity index (χ4v) is 5.72. The fourth-order valence-electron chi connectivity index (χ4n) is 4.05. The summed E-state index contributed by atoms with van der Waals surface area (Å²) in [6.07, 6.45) is -1.24. The van der Waals surface area contributed by atoms with E-state index in [1.807, 2.05) is 4.90 Å². The minimum absolute atomic E-state index is 0.0108. The Kier molecular flexibility index (Phi) is 9.41. The molecule has 1 saturated heterocycles. The molecule has 0 radical (unpaired) electrons. The van der Waals surface area contributed by atoms with Gasteiger partial charge in [0.05, 0.1) is 27.9 Å². The highest BCUT2D eigenvalue weighted by molar-refractivity contribution is 7.46. The van der Waals surface area contributed by atoms with Crippen LogP contribution in [0.1, 0.15) is 62.8 Å². The molecule has 1 atom stereocenters. The second-order valence-corrected chi connectivity index (χ2v) is 11.8. The summed E-state index contributed by atoms with van der Waals surface area (Å²) in [4.78, 5) is 61.7. The number of anilines is 2. The summed E-state index contributed by atoms with van der Waals surface area (Å²) in [6, 6.07) is 2.17. The van der Waals surface area contributed by atoms with Crippen molar-refractivity contribution in [3.8, 4) is 0 Å². The molecule has 1 aliphatic heterocycles. The monoisotopic (exact) mass is 634 g/mol. The number of hydrogen-bond acceptors (Lipinski definition) is 10. The van der Waals surface area contributed by atoms with Gasteiger partial charge in [-0.3, -0.25) is 14.1 Å². The molecule has 3 N–H and O–H groups in total. The van der Waals surface area contributed by atoms with Crippen molar-refractivity contribution >= 4 is 54.1 Å². The van der Waals surface area contributed by atoms with Crippen molar-refractivity contribution in [1.29, 1.82) is 0 Å². The Balaban J connectivity index is 1.36. The van der Waals surface area contributed by atoms with Crippen LogP contribution in [0, 0.1) is 0 Å². The maximum Gasteiger partial charge on any atom is 0.469 e. The average Bonchev–Trinajstić information content (AvgIpc) is 3.40. The molecule has 41 heavy (non-hydrogen) atoms. The van der Waals surface area contributed by atoms with E-state index in [0.717, 1.165) is 17.5 Å². The molecule has 12 nitrogen and oxygen atoms in total. The van der Waals surface area contributed by atoms with Crippen LogP contribution in [0.2, 0.25) is 5.02 Å². The van der Waals surface area contributed by atoms with Gasteiger partial charge in [-0.05, 0) is 18.9 Å². The molecular formula is C23H23ClF3N6O6PS. The first-order valence-corrected chi connectivity index (χ1v) is 14.8. The quantitative estimate of drug-likeness (QED) is 0.220. The van der Waals surface area contributed by atoms with Crippen LogP contribution in [0.3, 0.4) is 0 Å². The second-order valence-electron chi connectivity index (χ2n) is 9.14. The largest absolute Gasteiger partial charge is 0.469 e. The van der Waals surface area contributed by atoms with Crippen molar-refractivity contribution in [2.75, 3.05) is 23.3 Å². The number of aromatic nitrogens is 4. The fraction of sp³-hybridized carbons (Fsp3) is 0.391. The summed E-state index contributed by atoms with van der Waals surface area (Å²) < 4.78 is 55.1. The summed E-state index contributed by atoms with van der Waals surface area (Å²) in [7, 11) is -4.58. The van der Waals surface area contributed by atoms with Gasteiger partial charge in [0.1, 0.15) is 28.5 Å².